The Hall–Kier alpha value is -0.870. The first-order valence-corrected chi connectivity index (χ1v) is 3.86. The van der Waals surface area contributed by atoms with Gasteiger partial charge in [0.15, 0.2) is 0 Å². The summed E-state index contributed by atoms with van der Waals surface area (Å²) >= 11 is 0. The van der Waals surface area contributed by atoms with Crippen molar-refractivity contribution in [3.63, 3.8) is 0 Å². The number of aliphatic hydroxyl groups is 1. The second kappa shape index (κ2) is 4.23. The van der Waals surface area contributed by atoms with Crippen molar-refractivity contribution in [1.29, 1.82) is 0 Å². The zero-order valence-electron chi connectivity index (χ0n) is 6.69. The Labute approximate surface area is 70.5 Å². The molecule has 12 heavy (non-hydrogen) atoms. The Kier molecular flexibility index (Phi) is 3.25. The van der Waals surface area contributed by atoms with Crippen molar-refractivity contribution in [3.05, 3.63) is 11.6 Å². The predicted molar refractivity (Wildman–Crippen MR) is 41.8 cm³/mol. The molecule has 4 nitrogen and oxygen atoms in total. The summed E-state index contributed by atoms with van der Waals surface area (Å²) in [5, 5.41) is 17.7. The fraction of sp³-hybridized carbons (Fsp3) is 0.625. The Morgan fingerprint density at radius 3 is 3.00 bits per heavy atom. The van der Waals surface area contributed by atoms with Crippen LogP contribution in [0.25, 0.3) is 0 Å². The van der Waals surface area contributed by atoms with E-state index in [4.69, 9.17) is 9.84 Å². The highest BCUT2D eigenvalue weighted by atomic mass is 16.5. The Morgan fingerprint density at radius 2 is 2.50 bits per heavy atom. The lowest BCUT2D eigenvalue weighted by atomic mass is 10.1. The molecule has 0 bridgehead atoms. The maximum Gasteiger partial charge on any atom is 0.306 e. The van der Waals surface area contributed by atoms with Crippen molar-refractivity contribution in [2.75, 3.05) is 13.2 Å². The van der Waals surface area contributed by atoms with Gasteiger partial charge in [-0.1, -0.05) is 6.08 Å². The lowest BCUT2D eigenvalue weighted by Gasteiger charge is -2.17. The molecular formula is C8H12O4. The van der Waals surface area contributed by atoms with Crippen LogP contribution in [-0.2, 0) is 9.53 Å². The average molecular weight is 172 g/mol. The Morgan fingerprint density at radius 1 is 1.75 bits per heavy atom. The molecule has 0 spiro atoms. The van der Waals surface area contributed by atoms with Crippen molar-refractivity contribution in [2.45, 2.75) is 18.9 Å². The number of aliphatic carboxylic acids is 1. The predicted octanol–water partition coefficient (Wildman–Crippen LogP) is 0.169. The number of aliphatic hydroxyl groups excluding tert-OH is 1. The monoisotopic (exact) mass is 172 g/mol. The molecule has 0 aromatic carbocycles. The van der Waals surface area contributed by atoms with E-state index in [1.165, 1.54) is 0 Å². The van der Waals surface area contributed by atoms with Crippen LogP contribution in [0.2, 0.25) is 0 Å². The molecule has 2 N–H and O–H groups in total. The first kappa shape index (κ1) is 9.22. The first-order chi connectivity index (χ1) is 5.70. The molecule has 1 atom stereocenters. The quantitative estimate of drug-likeness (QED) is 0.595. The summed E-state index contributed by atoms with van der Waals surface area (Å²) in [6.45, 7) is 1.01. The average Bonchev–Trinajstić information content (AvgIpc) is 2.05. The number of carboxylic acids is 1. The number of rotatable bonds is 3. The zero-order valence-corrected chi connectivity index (χ0v) is 6.69. The highest BCUT2D eigenvalue weighted by Gasteiger charge is 2.16. The summed E-state index contributed by atoms with van der Waals surface area (Å²) in [5.74, 6) is -0.992. The van der Waals surface area contributed by atoms with Gasteiger partial charge in [-0.05, 0) is 12.0 Å². The third-order valence-corrected chi connectivity index (χ3v) is 1.73. The van der Waals surface area contributed by atoms with Crippen molar-refractivity contribution in [1.82, 2.24) is 0 Å². The van der Waals surface area contributed by atoms with E-state index in [1.54, 1.807) is 0 Å². The van der Waals surface area contributed by atoms with Gasteiger partial charge in [-0.25, -0.2) is 0 Å². The summed E-state index contributed by atoms with van der Waals surface area (Å²) in [6.07, 6.45) is 1.47. The first-order valence-electron chi connectivity index (χ1n) is 3.86. The van der Waals surface area contributed by atoms with E-state index in [-0.39, 0.29) is 6.42 Å². The van der Waals surface area contributed by atoms with E-state index in [2.05, 4.69) is 0 Å². The van der Waals surface area contributed by atoms with E-state index in [9.17, 15) is 9.90 Å². The molecule has 1 heterocycles. The third-order valence-electron chi connectivity index (χ3n) is 1.73. The van der Waals surface area contributed by atoms with Crippen molar-refractivity contribution in [2.24, 2.45) is 0 Å². The minimum Gasteiger partial charge on any atom is -0.481 e. The third kappa shape index (κ3) is 2.64. The molecule has 1 rings (SSSR count). The van der Waals surface area contributed by atoms with E-state index in [0.29, 0.717) is 18.8 Å². The number of hydrogen-bond acceptors (Lipinski definition) is 3. The zero-order chi connectivity index (χ0) is 8.97. The molecule has 1 unspecified atom stereocenters. The molecule has 68 valence electrons. The van der Waals surface area contributed by atoms with Gasteiger partial charge in [-0.15, -0.1) is 0 Å². The summed E-state index contributed by atoms with van der Waals surface area (Å²) in [5.41, 5.74) is 0.684. The molecule has 1 aliphatic rings. The van der Waals surface area contributed by atoms with Crippen molar-refractivity contribution >= 4 is 5.97 Å². The minimum atomic E-state index is -0.992. The van der Waals surface area contributed by atoms with Gasteiger partial charge in [0.05, 0.1) is 25.7 Å². The molecule has 0 amide bonds. The SMILES string of the molecule is O=C(O)CC(O)C1=CCCOC1. The molecule has 0 aromatic heterocycles. The van der Waals surface area contributed by atoms with Gasteiger partial charge in [-0.3, -0.25) is 4.79 Å². The van der Waals surface area contributed by atoms with Crippen LogP contribution in [0.5, 0.6) is 0 Å². The van der Waals surface area contributed by atoms with E-state index >= 15 is 0 Å². The minimum absolute atomic E-state index is 0.241. The maximum atomic E-state index is 10.2. The van der Waals surface area contributed by atoms with Crippen LogP contribution in [0.15, 0.2) is 11.6 Å². The second-order valence-electron chi connectivity index (χ2n) is 2.73. The summed E-state index contributed by atoms with van der Waals surface area (Å²) in [7, 11) is 0. The fourth-order valence-electron chi connectivity index (χ4n) is 1.11. The molecular weight excluding hydrogens is 160 g/mol. The molecule has 0 saturated carbocycles. The summed E-state index contributed by atoms with van der Waals surface area (Å²) in [6, 6.07) is 0. The standard InChI is InChI=1S/C8H12O4/c9-7(4-8(10)11)6-2-1-3-12-5-6/h2,7,9H,1,3-5H2,(H,10,11). The smallest absolute Gasteiger partial charge is 0.306 e. The molecule has 0 fully saturated rings. The highest BCUT2D eigenvalue weighted by Crippen LogP contribution is 2.12. The number of carboxylic acid groups (broad SMARTS) is 1. The van der Waals surface area contributed by atoms with Crippen LogP contribution in [0.3, 0.4) is 0 Å². The van der Waals surface area contributed by atoms with E-state index in [1.807, 2.05) is 6.08 Å². The molecule has 0 aromatic rings. The molecule has 0 saturated heterocycles. The summed E-state index contributed by atoms with van der Waals surface area (Å²) in [4.78, 5) is 10.2. The highest BCUT2D eigenvalue weighted by molar-refractivity contribution is 5.67. The lowest BCUT2D eigenvalue weighted by molar-refractivity contribution is -0.138. The van der Waals surface area contributed by atoms with Gasteiger partial charge in [0.1, 0.15) is 0 Å². The van der Waals surface area contributed by atoms with Gasteiger partial charge in [0.25, 0.3) is 0 Å². The van der Waals surface area contributed by atoms with Gasteiger partial charge < -0.3 is 14.9 Å². The van der Waals surface area contributed by atoms with Gasteiger partial charge in [0.2, 0.25) is 0 Å². The van der Waals surface area contributed by atoms with Crippen LogP contribution >= 0.6 is 0 Å². The van der Waals surface area contributed by atoms with Gasteiger partial charge in [0, 0.05) is 0 Å². The Balaban J connectivity index is 2.44. The van der Waals surface area contributed by atoms with Crippen LogP contribution < -0.4 is 0 Å². The fourth-order valence-corrected chi connectivity index (χ4v) is 1.11. The van der Waals surface area contributed by atoms with Crippen LogP contribution in [0, 0.1) is 0 Å². The van der Waals surface area contributed by atoms with Crippen LogP contribution in [-0.4, -0.2) is 35.5 Å². The second-order valence-corrected chi connectivity index (χ2v) is 2.73. The van der Waals surface area contributed by atoms with E-state index in [0.717, 1.165) is 6.42 Å². The van der Waals surface area contributed by atoms with Crippen molar-refractivity contribution in [3.8, 4) is 0 Å². The molecule has 0 radical (unpaired) electrons. The van der Waals surface area contributed by atoms with Gasteiger partial charge >= 0.3 is 5.97 Å². The summed E-state index contributed by atoms with van der Waals surface area (Å²) < 4.78 is 5.06. The Bertz CT molecular complexity index is 197. The molecule has 1 aliphatic heterocycles. The van der Waals surface area contributed by atoms with Crippen LogP contribution in [0.1, 0.15) is 12.8 Å². The molecule has 0 aliphatic carbocycles. The topological polar surface area (TPSA) is 66.8 Å². The van der Waals surface area contributed by atoms with Crippen molar-refractivity contribution < 1.29 is 19.7 Å². The number of hydrogen-bond donors (Lipinski definition) is 2. The lowest BCUT2D eigenvalue weighted by Crippen LogP contribution is -2.21. The maximum absolute atomic E-state index is 10.2. The largest absolute Gasteiger partial charge is 0.481 e. The van der Waals surface area contributed by atoms with Crippen LogP contribution in [0.4, 0.5) is 0 Å². The van der Waals surface area contributed by atoms with E-state index < -0.39 is 12.1 Å². The molecule has 4 heteroatoms. The van der Waals surface area contributed by atoms with Gasteiger partial charge in [-0.2, -0.15) is 0 Å². The normalized spacial score (nSPS) is 19.9. The number of carbonyl (C=O) groups is 1. The number of ether oxygens (including phenoxy) is 1.